The molecule has 4 heteroatoms. The summed E-state index contributed by atoms with van der Waals surface area (Å²) in [7, 11) is 0. The Labute approximate surface area is 147 Å². The van der Waals surface area contributed by atoms with Gasteiger partial charge in [-0.15, -0.1) is 0 Å². The first-order valence-electron chi connectivity index (χ1n) is 9.38. The molecule has 4 aliphatic carbocycles. The summed E-state index contributed by atoms with van der Waals surface area (Å²) >= 11 is 0. The SMILES string of the molecule is O=C(CC1C2CC3CC(C2)CC1C3)C(=O)C(=O)OCc1ccccc1. The van der Waals surface area contributed by atoms with Crippen molar-refractivity contribution in [3.8, 4) is 0 Å². The van der Waals surface area contributed by atoms with Crippen molar-refractivity contribution in [2.24, 2.45) is 29.6 Å². The molecule has 0 aromatic heterocycles. The maximum atomic E-state index is 12.3. The van der Waals surface area contributed by atoms with Gasteiger partial charge < -0.3 is 4.74 Å². The Balaban J connectivity index is 1.31. The lowest BCUT2D eigenvalue weighted by molar-refractivity contribution is -0.158. The molecule has 0 aliphatic heterocycles. The number of hydrogen-bond donors (Lipinski definition) is 0. The fraction of sp³-hybridized carbons (Fsp3) is 0.571. The average Bonchev–Trinajstić information content (AvgIpc) is 2.62. The zero-order valence-corrected chi connectivity index (χ0v) is 14.4. The van der Waals surface area contributed by atoms with Crippen molar-refractivity contribution in [2.45, 2.75) is 45.1 Å². The first kappa shape index (κ1) is 16.5. The number of ether oxygens (including phenoxy) is 1. The molecule has 0 saturated heterocycles. The van der Waals surface area contributed by atoms with Gasteiger partial charge in [0.1, 0.15) is 6.61 Å². The summed E-state index contributed by atoms with van der Waals surface area (Å²) < 4.78 is 5.01. The van der Waals surface area contributed by atoms with E-state index in [0.29, 0.717) is 17.8 Å². The van der Waals surface area contributed by atoms with E-state index < -0.39 is 17.5 Å². The van der Waals surface area contributed by atoms with Crippen LogP contribution in [-0.4, -0.2) is 17.5 Å². The molecule has 0 unspecified atom stereocenters. The summed E-state index contributed by atoms with van der Waals surface area (Å²) in [5.74, 6) is 0.562. The van der Waals surface area contributed by atoms with Crippen LogP contribution in [0.3, 0.4) is 0 Å². The Morgan fingerprint density at radius 3 is 2.08 bits per heavy atom. The third-order valence-electron chi connectivity index (χ3n) is 6.49. The molecule has 1 aromatic rings. The lowest BCUT2D eigenvalue weighted by atomic mass is 9.51. The Morgan fingerprint density at radius 2 is 1.48 bits per heavy atom. The molecule has 0 radical (unpaired) electrons. The molecule has 4 bridgehead atoms. The lowest BCUT2D eigenvalue weighted by Gasteiger charge is -2.54. The van der Waals surface area contributed by atoms with E-state index in [1.165, 1.54) is 32.1 Å². The minimum Gasteiger partial charge on any atom is -0.455 e. The first-order valence-corrected chi connectivity index (χ1v) is 9.38. The monoisotopic (exact) mass is 340 g/mol. The Hall–Kier alpha value is -1.97. The van der Waals surface area contributed by atoms with Gasteiger partial charge in [0.2, 0.25) is 5.78 Å². The van der Waals surface area contributed by atoms with Crippen LogP contribution in [0.25, 0.3) is 0 Å². The van der Waals surface area contributed by atoms with Crippen molar-refractivity contribution in [2.75, 3.05) is 0 Å². The van der Waals surface area contributed by atoms with Gasteiger partial charge in [0.05, 0.1) is 0 Å². The van der Waals surface area contributed by atoms with E-state index in [1.807, 2.05) is 30.3 Å². The summed E-state index contributed by atoms with van der Waals surface area (Å²) in [6.45, 7) is 0.0245. The van der Waals surface area contributed by atoms with Gasteiger partial charge in [0.15, 0.2) is 0 Å². The molecule has 4 saturated carbocycles. The molecule has 4 nitrogen and oxygen atoms in total. The molecule has 5 rings (SSSR count). The van der Waals surface area contributed by atoms with Crippen LogP contribution in [0, 0.1) is 29.6 Å². The highest BCUT2D eigenvalue weighted by Crippen LogP contribution is 2.57. The molecule has 0 N–H and O–H groups in total. The van der Waals surface area contributed by atoms with E-state index >= 15 is 0 Å². The number of ketones is 2. The van der Waals surface area contributed by atoms with Gasteiger partial charge in [-0.25, -0.2) is 4.79 Å². The van der Waals surface area contributed by atoms with Crippen LogP contribution in [-0.2, 0) is 25.7 Å². The first-order chi connectivity index (χ1) is 12.1. The molecule has 0 spiro atoms. The lowest BCUT2D eigenvalue weighted by Crippen LogP contribution is -2.46. The summed E-state index contributed by atoms with van der Waals surface area (Å²) in [4.78, 5) is 36.4. The fourth-order valence-corrected chi connectivity index (χ4v) is 5.58. The third-order valence-corrected chi connectivity index (χ3v) is 6.49. The van der Waals surface area contributed by atoms with Gasteiger partial charge in [-0.2, -0.15) is 0 Å². The summed E-state index contributed by atoms with van der Waals surface area (Å²) in [6.07, 6.45) is 6.41. The molecule has 0 heterocycles. The molecule has 132 valence electrons. The molecule has 25 heavy (non-hydrogen) atoms. The van der Waals surface area contributed by atoms with Gasteiger partial charge in [-0.05, 0) is 67.3 Å². The number of benzene rings is 1. The van der Waals surface area contributed by atoms with E-state index in [4.69, 9.17) is 4.74 Å². The number of rotatable bonds is 6. The van der Waals surface area contributed by atoms with Crippen LogP contribution in [0.15, 0.2) is 30.3 Å². The molecule has 0 amide bonds. The van der Waals surface area contributed by atoms with Crippen molar-refractivity contribution >= 4 is 17.5 Å². The maximum absolute atomic E-state index is 12.3. The van der Waals surface area contributed by atoms with Crippen LogP contribution < -0.4 is 0 Å². The van der Waals surface area contributed by atoms with E-state index in [1.54, 1.807) is 0 Å². The van der Waals surface area contributed by atoms with Gasteiger partial charge >= 0.3 is 11.8 Å². The average molecular weight is 340 g/mol. The van der Waals surface area contributed by atoms with E-state index in [0.717, 1.165) is 17.4 Å². The number of carbonyl (C=O) groups excluding carboxylic acids is 3. The Kier molecular flexibility index (Phi) is 4.45. The van der Waals surface area contributed by atoms with Crippen molar-refractivity contribution in [1.29, 1.82) is 0 Å². The quantitative estimate of drug-likeness (QED) is 0.453. The molecular formula is C21H24O4. The second-order valence-electron chi connectivity index (χ2n) is 8.11. The Bertz CT molecular complexity index is 650. The highest BCUT2D eigenvalue weighted by atomic mass is 16.5. The third kappa shape index (κ3) is 3.39. The normalized spacial score (nSPS) is 32.4. The van der Waals surface area contributed by atoms with Crippen molar-refractivity contribution in [3.05, 3.63) is 35.9 Å². The molecule has 4 fully saturated rings. The molecule has 0 atom stereocenters. The zero-order chi connectivity index (χ0) is 17.4. The van der Waals surface area contributed by atoms with Crippen LogP contribution >= 0.6 is 0 Å². The molecular weight excluding hydrogens is 316 g/mol. The number of carbonyl (C=O) groups is 3. The maximum Gasteiger partial charge on any atom is 0.383 e. The van der Waals surface area contributed by atoms with Crippen molar-refractivity contribution in [1.82, 2.24) is 0 Å². The predicted octanol–water partition coefficient (Wildman–Crippen LogP) is 3.33. The van der Waals surface area contributed by atoms with Gasteiger partial charge in [-0.1, -0.05) is 30.3 Å². The van der Waals surface area contributed by atoms with E-state index in [9.17, 15) is 14.4 Å². The number of esters is 1. The summed E-state index contributed by atoms with van der Waals surface area (Å²) in [6, 6.07) is 9.16. The number of Topliss-reactive ketones (excluding diaryl/α,β-unsaturated/α-hetero) is 2. The van der Waals surface area contributed by atoms with Crippen molar-refractivity contribution < 1.29 is 19.1 Å². The fourth-order valence-electron chi connectivity index (χ4n) is 5.58. The second kappa shape index (κ2) is 6.74. The summed E-state index contributed by atoms with van der Waals surface area (Å²) in [5.41, 5.74) is 0.803. The van der Waals surface area contributed by atoms with E-state index in [-0.39, 0.29) is 13.0 Å². The van der Waals surface area contributed by atoms with E-state index in [2.05, 4.69) is 0 Å². The minimum atomic E-state index is -1.02. The van der Waals surface area contributed by atoms with Crippen LogP contribution in [0.4, 0.5) is 0 Å². The largest absolute Gasteiger partial charge is 0.455 e. The van der Waals surface area contributed by atoms with Crippen LogP contribution in [0.2, 0.25) is 0 Å². The highest BCUT2D eigenvalue weighted by molar-refractivity contribution is 6.62. The highest BCUT2D eigenvalue weighted by Gasteiger charge is 2.49. The van der Waals surface area contributed by atoms with Crippen LogP contribution in [0.1, 0.15) is 44.1 Å². The van der Waals surface area contributed by atoms with Crippen LogP contribution in [0.5, 0.6) is 0 Å². The molecule has 4 aliphatic rings. The topological polar surface area (TPSA) is 60.4 Å². The number of hydrogen-bond acceptors (Lipinski definition) is 4. The Morgan fingerprint density at radius 1 is 0.880 bits per heavy atom. The standard InChI is InChI=1S/C21H24O4/c22-19(20(23)21(24)25-12-13-4-2-1-3-5-13)11-18-16-7-14-6-15(9-16)10-17(18)8-14/h1-5,14-18H,6-12H2. The van der Waals surface area contributed by atoms with Crippen molar-refractivity contribution in [3.63, 3.8) is 0 Å². The smallest absolute Gasteiger partial charge is 0.383 e. The minimum absolute atomic E-state index is 0.0245. The predicted molar refractivity (Wildman–Crippen MR) is 91.4 cm³/mol. The second-order valence-corrected chi connectivity index (χ2v) is 8.11. The van der Waals surface area contributed by atoms with Gasteiger partial charge in [0, 0.05) is 6.42 Å². The summed E-state index contributed by atoms with van der Waals surface area (Å²) in [5, 5.41) is 0. The molecule has 1 aromatic carbocycles. The zero-order valence-electron chi connectivity index (χ0n) is 14.4. The van der Waals surface area contributed by atoms with Gasteiger partial charge in [-0.3, -0.25) is 9.59 Å². The van der Waals surface area contributed by atoms with Gasteiger partial charge in [0.25, 0.3) is 0 Å².